The molecule has 0 aliphatic carbocycles. The lowest BCUT2D eigenvalue weighted by Gasteiger charge is -2.27. The summed E-state index contributed by atoms with van der Waals surface area (Å²) in [5.74, 6) is -0.0564. The van der Waals surface area contributed by atoms with Crippen molar-refractivity contribution in [3.63, 3.8) is 0 Å². The van der Waals surface area contributed by atoms with E-state index in [0.29, 0.717) is 6.04 Å². The summed E-state index contributed by atoms with van der Waals surface area (Å²) in [6.07, 6.45) is 3.80. The number of benzene rings is 2. The third kappa shape index (κ3) is 5.96. The Morgan fingerprint density at radius 1 is 1.15 bits per heavy atom. The second-order valence-corrected chi connectivity index (χ2v) is 6.74. The van der Waals surface area contributed by atoms with Gasteiger partial charge in [0.25, 0.3) is 0 Å². The van der Waals surface area contributed by atoms with Crippen molar-refractivity contribution < 1.29 is 14.6 Å². The number of nitrogens with zero attached hydrogens (tertiary/aromatic N) is 1. The number of rotatable bonds is 8. The van der Waals surface area contributed by atoms with Gasteiger partial charge in [0.15, 0.2) is 0 Å². The van der Waals surface area contributed by atoms with Gasteiger partial charge < -0.3 is 14.7 Å². The van der Waals surface area contributed by atoms with Crippen LogP contribution in [-0.2, 0) is 11.2 Å². The van der Waals surface area contributed by atoms with Gasteiger partial charge in [0.1, 0.15) is 5.75 Å². The molecule has 2 aromatic carbocycles. The SMILES string of the molecule is CC(C)Oc1cccc(N(C)C(C)Cc2ccc(/C=C/C(=O)O)cc2)c1. The first-order chi connectivity index (χ1) is 12.3. The molecule has 0 fully saturated rings. The molecule has 0 aliphatic rings. The molecule has 1 N–H and O–H groups in total. The fourth-order valence-electron chi connectivity index (χ4n) is 2.71. The molecule has 4 nitrogen and oxygen atoms in total. The summed E-state index contributed by atoms with van der Waals surface area (Å²) in [5, 5.41) is 8.68. The zero-order valence-electron chi connectivity index (χ0n) is 15.8. The van der Waals surface area contributed by atoms with Gasteiger partial charge in [-0.05, 0) is 56.5 Å². The van der Waals surface area contributed by atoms with Gasteiger partial charge in [-0.25, -0.2) is 4.79 Å². The summed E-state index contributed by atoms with van der Waals surface area (Å²) in [7, 11) is 2.09. The van der Waals surface area contributed by atoms with E-state index in [1.54, 1.807) is 6.08 Å². The Hall–Kier alpha value is -2.75. The predicted molar refractivity (Wildman–Crippen MR) is 107 cm³/mol. The zero-order valence-corrected chi connectivity index (χ0v) is 15.8. The second-order valence-electron chi connectivity index (χ2n) is 6.74. The number of aliphatic carboxylic acids is 1. The van der Waals surface area contributed by atoms with Crippen LogP contribution in [0.4, 0.5) is 5.69 Å². The lowest BCUT2D eigenvalue weighted by atomic mass is 10.0. The van der Waals surface area contributed by atoms with E-state index < -0.39 is 5.97 Å². The molecule has 2 rings (SSSR count). The van der Waals surface area contributed by atoms with E-state index in [1.165, 1.54) is 5.56 Å². The van der Waals surface area contributed by atoms with Crippen molar-refractivity contribution in [2.24, 2.45) is 0 Å². The maximum atomic E-state index is 10.6. The fourth-order valence-corrected chi connectivity index (χ4v) is 2.71. The minimum absolute atomic E-state index is 0.154. The topological polar surface area (TPSA) is 49.8 Å². The molecular weight excluding hydrogens is 326 g/mol. The van der Waals surface area contributed by atoms with Crippen molar-refractivity contribution in [3.8, 4) is 5.75 Å². The number of carbonyl (C=O) groups is 1. The molecule has 2 aromatic rings. The van der Waals surface area contributed by atoms with Gasteiger partial charge >= 0.3 is 5.97 Å². The highest BCUT2D eigenvalue weighted by molar-refractivity contribution is 5.85. The van der Waals surface area contributed by atoms with E-state index in [1.807, 2.05) is 50.2 Å². The Balaban J connectivity index is 2.02. The van der Waals surface area contributed by atoms with Crippen LogP contribution in [0.25, 0.3) is 6.08 Å². The second kappa shape index (κ2) is 9.09. The fraction of sp³-hybridized carbons (Fsp3) is 0.318. The smallest absolute Gasteiger partial charge is 0.328 e. The lowest BCUT2D eigenvalue weighted by Crippen LogP contribution is -2.30. The van der Waals surface area contributed by atoms with Gasteiger partial charge in [0.05, 0.1) is 6.10 Å². The summed E-state index contributed by atoms with van der Waals surface area (Å²) in [6, 6.07) is 16.4. The molecule has 26 heavy (non-hydrogen) atoms. The number of anilines is 1. The summed E-state index contributed by atoms with van der Waals surface area (Å²) in [5.41, 5.74) is 3.22. The number of hydrogen-bond acceptors (Lipinski definition) is 3. The van der Waals surface area contributed by atoms with Crippen LogP contribution in [0.5, 0.6) is 5.75 Å². The first kappa shape index (κ1) is 19.6. The monoisotopic (exact) mass is 353 g/mol. The average molecular weight is 353 g/mol. The van der Waals surface area contributed by atoms with Crippen LogP contribution in [-0.4, -0.2) is 30.3 Å². The maximum absolute atomic E-state index is 10.6. The van der Waals surface area contributed by atoms with E-state index in [0.717, 1.165) is 29.5 Å². The van der Waals surface area contributed by atoms with Crippen molar-refractivity contribution in [2.75, 3.05) is 11.9 Å². The summed E-state index contributed by atoms with van der Waals surface area (Å²) in [6.45, 7) is 6.23. The first-order valence-electron chi connectivity index (χ1n) is 8.84. The molecular formula is C22H27NO3. The van der Waals surface area contributed by atoms with Gasteiger partial charge in [-0.3, -0.25) is 0 Å². The summed E-state index contributed by atoms with van der Waals surface area (Å²) in [4.78, 5) is 12.8. The van der Waals surface area contributed by atoms with Crippen LogP contribution in [0.3, 0.4) is 0 Å². The Bertz CT molecular complexity index is 750. The Kier molecular flexibility index (Phi) is 6.84. The molecule has 0 heterocycles. The highest BCUT2D eigenvalue weighted by Gasteiger charge is 2.12. The maximum Gasteiger partial charge on any atom is 0.328 e. The van der Waals surface area contributed by atoms with Crippen LogP contribution in [0, 0.1) is 0 Å². The zero-order chi connectivity index (χ0) is 19.1. The summed E-state index contributed by atoms with van der Waals surface area (Å²) < 4.78 is 5.78. The number of ether oxygens (including phenoxy) is 1. The van der Waals surface area contributed by atoms with Crippen molar-refractivity contribution in [3.05, 3.63) is 65.7 Å². The van der Waals surface area contributed by atoms with E-state index in [2.05, 4.69) is 31.0 Å². The van der Waals surface area contributed by atoms with Gasteiger partial charge in [0, 0.05) is 30.9 Å². The molecule has 0 amide bonds. The van der Waals surface area contributed by atoms with Gasteiger partial charge in [-0.15, -0.1) is 0 Å². The first-order valence-corrected chi connectivity index (χ1v) is 8.84. The summed E-state index contributed by atoms with van der Waals surface area (Å²) >= 11 is 0. The number of carboxylic acid groups (broad SMARTS) is 1. The Morgan fingerprint density at radius 2 is 1.85 bits per heavy atom. The number of hydrogen-bond donors (Lipinski definition) is 1. The molecule has 0 saturated heterocycles. The van der Waals surface area contributed by atoms with Crippen LogP contribution in [0.2, 0.25) is 0 Å². The minimum Gasteiger partial charge on any atom is -0.491 e. The van der Waals surface area contributed by atoms with E-state index in [4.69, 9.17) is 9.84 Å². The standard InChI is InChI=1S/C22H27NO3/c1-16(2)26-21-7-5-6-20(15-21)23(4)17(3)14-19-10-8-18(9-11-19)12-13-22(24)25/h5-13,15-17H,14H2,1-4H3,(H,24,25)/b13-12+. The van der Waals surface area contributed by atoms with E-state index in [9.17, 15) is 4.79 Å². The molecule has 138 valence electrons. The Morgan fingerprint density at radius 3 is 2.46 bits per heavy atom. The van der Waals surface area contributed by atoms with E-state index >= 15 is 0 Å². The predicted octanol–water partition coefficient (Wildman–Crippen LogP) is 4.64. The Labute approximate surface area is 155 Å². The molecule has 0 saturated carbocycles. The molecule has 1 unspecified atom stereocenters. The largest absolute Gasteiger partial charge is 0.491 e. The third-order valence-electron chi connectivity index (χ3n) is 4.19. The minimum atomic E-state index is -0.937. The highest BCUT2D eigenvalue weighted by Crippen LogP contribution is 2.23. The molecule has 1 atom stereocenters. The van der Waals surface area contributed by atoms with Crippen LogP contribution in [0.15, 0.2) is 54.6 Å². The molecule has 0 aliphatic heterocycles. The van der Waals surface area contributed by atoms with Crippen LogP contribution < -0.4 is 9.64 Å². The normalized spacial score (nSPS) is 12.3. The van der Waals surface area contributed by atoms with Gasteiger partial charge in [-0.1, -0.05) is 30.3 Å². The molecule has 4 heteroatoms. The van der Waals surface area contributed by atoms with Crippen LogP contribution >= 0.6 is 0 Å². The molecule has 0 bridgehead atoms. The van der Waals surface area contributed by atoms with Gasteiger partial charge in [0.2, 0.25) is 0 Å². The lowest BCUT2D eigenvalue weighted by molar-refractivity contribution is -0.131. The van der Waals surface area contributed by atoms with Crippen molar-refractivity contribution in [2.45, 2.75) is 39.3 Å². The number of carboxylic acids is 1. The highest BCUT2D eigenvalue weighted by atomic mass is 16.5. The van der Waals surface area contributed by atoms with E-state index in [-0.39, 0.29) is 6.10 Å². The van der Waals surface area contributed by atoms with Crippen molar-refractivity contribution in [1.82, 2.24) is 0 Å². The van der Waals surface area contributed by atoms with Crippen LogP contribution in [0.1, 0.15) is 31.9 Å². The quantitative estimate of drug-likeness (QED) is 0.703. The van der Waals surface area contributed by atoms with Crippen molar-refractivity contribution in [1.29, 1.82) is 0 Å². The third-order valence-corrected chi connectivity index (χ3v) is 4.19. The average Bonchev–Trinajstić information content (AvgIpc) is 2.60. The van der Waals surface area contributed by atoms with Gasteiger partial charge in [-0.2, -0.15) is 0 Å². The molecule has 0 aromatic heterocycles. The molecule has 0 radical (unpaired) electrons. The van der Waals surface area contributed by atoms with Crippen molar-refractivity contribution >= 4 is 17.7 Å². The molecule has 0 spiro atoms. The number of likely N-dealkylation sites (N-methyl/N-ethyl adjacent to an activating group) is 1.